The van der Waals surface area contributed by atoms with Crippen molar-refractivity contribution >= 4 is 66.6 Å². The first-order chi connectivity index (χ1) is 15.4. The predicted octanol–water partition coefficient (Wildman–Crippen LogP) is 3.50. The van der Waals surface area contributed by atoms with Crippen molar-refractivity contribution in [2.45, 2.75) is 25.7 Å². The van der Waals surface area contributed by atoms with Crippen LogP contribution in [0.4, 0.5) is 20.2 Å². The molecule has 0 fully saturated rings. The van der Waals surface area contributed by atoms with Gasteiger partial charge in [0, 0.05) is 10.0 Å². The number of rotatable bonds is 4. The number of carbonyl (C=O) groups excluding carboxylic acids is 1. The zero-order valence-corrected chi connectivity index (χ0v) is 21.1. The van der Waals surface area contributed by atoms with Gasteiger partial charge in [0.1, 0.15) is 12.5 Å². The largest absolute Gasteiger partial charge is 0.347 e. The summed E-state index contributed by atoms with van der Waals surface area (Å²) in [5, 5.41) is 40.7. The second kappa shape index (κ2) is 9.17. The van der Waals surface area contributed by atoms with Crippen LogP contribution >= 0.6 is 43.5 Å². The summed E-state index contributed by atoms with van der Waals surface area (Å²) in [6, 6.07) is 4.64. The van der Waals surface area contributed by atoms with Crippen LogP contribution in [-0.4, -0.2) is 57.2 Å². The second-order valence-electron chi connectivity index (χ2n) is 6.73. The van der Waals surface area contributed by atoms with Crippen molar-refractivity contribution in [2.24, 2.45) is 4.99 Å². The molecule has 33 heavy (non-hydrogen) atoms. The van der Waals surface area contributed by atoms with Crippen LogP contribution in [0.5, 0.6) is 0 Å². The highest BCUT2D eigenvalue weighted by molar-refractivity contribution is 9.11. The number of alkyl halides is 1. The first-order valence-corrected chi connectivity index (χ1v) is 11.5. The van der Waals surface area contributed by atoms with Crippen molar-refractivity contribution < 1.29 is 34.0 Å². The molecule has 0 amide bonds. The van der Waals surface area contributed by atoms with E-state index in [-0.39, 0.29) is 49.0 Å². The molecule has 8 nitrogen and oxygen atoms in total. The van der Waals surface area contributed by atoms with Crippen molar-refractivity contribution in [3.63, 3.8) is 0 Å². The summed E-state index contributed by atoms with van der Waals surface area (Å²) in [6.07, 6.45) is 0. The van der Waals surface area contributed by atoms with Gasteiger partial charge in [-0.2, -0.15) is 4.99 Å². The third-order valence-electron chi connectivity index (χ3n) is 4.85. The molecule has 0 radical (unpaired) electrons. The van der Waals surface area contributed by atoms with Gasteiger partial charge in [-0.3, -0.25) is 4.79 Å². The van der Waals surface area contributed by atoms with Gasteiger partial charge in [0.2, 0.25) is 5.96 Å². The number of anilines is 2. The van der Waals surface area contributed by atoms with Gasteiger partial charge in [-0.25, -0.2) is 13.7 Å². The molecule has 0 bridgehead atoms. The van der Waals surface area contributed by atoms with E-state index in [1.165, 1.54) is 17.0 Å². The first kappa shape index (κ1) is 25.9. The predicted molar refractivity (Wildman–Crippen MR) is 126 cm³/mol. The highest BCUT2D eigenvalue weighted by Crippen LogP contribution is 2.52. The summed E-state index contributed by atoms with van der Waals surface area (Å²) in [5.74, 6) is -8.44. The van der Waals surface area contributed by atoms with Gasteiger partial charge < -0.3 is 25.3 Å². The Morgan fingerprint density at radius 2 is 1.82 bits per heavy atom. The van der Waals surface area contributed by atoms with E-state index < -0.39 is 30.1 Å². The Balaban J connectivity index is 0.00000149. The number of fused-ring (bicyclic) bond motifs is 3. The molecular weight excluding hydrogens is 595 g/mol. The Bertz CT molecular complexity index is 1160. The fraction of sp³-hybridized carbons (Fsp3) is 0.300. The topological polar surface area (TPSA) is 117 Å². The van der Waals surface area contributed by atoms with Crippen LogP contribution in [0.1, 0.15) is 29.8 Å². The van der Waals surface area contributed by atoms with E-state index in [1.807, 2.05) is 13.8 Å². The van der Waals surface area contributed by atoms with Crippen LogP contribution in [0.3, 0.4) is 0 Å². The van der Waals surface area contributed by atoms with Crippen molar-refractivity contribution in [2.75, 3.05) is 23.0 Å². The summed E-state index contributed by atoms with van der Waals surface area (Å²) in [5.41, 5.74) is -0.131. The molecule has 13 heteroatoms. The summed E-state index contributed by atoms with van der Waals surface area (Å²) in [7, 11) is 0. The molecule has 2 aliphatic heterocycles. The lowest BCUT2D eigenvalue weighted by Crippen LogP contribution is -2.60. The lowest BCUT2D eigenvalue weighted by atomic mass is 10.0. The van der Waals surface area contributed by atoms with Gasteiger partial charge in [-0.1, -0.05) is 25.4 Å². The van der Waals surface area contributed by atoms with Crippen LogP contribution in [-0.2, 0) is 0 Å². The summed E-state index contributed by atoms with van der Waals surface area (Å²) in [6.45, 7) is 2.81. The first-order valence-electron chi connectivity index (χ1n) is 9.57. The Kier molecular flexibility index (Phi) is 7.21. The zero-order valence-electron chi connectivity index (χ0n) is 17.2. The van der Waals surface area contributed by atoms with Gasteiger partial charge >= 0.3 is 11.8 Å². The van der Waals surface area contributed by atoms with Gasteiger partial charge in [0.25, 0.3) is 0 Å². The Morgan fingerprint density at radius 1 is 1.18 bits per heavy atom. The normalized spacial score (nSPS) is 17.2. The number of hydrogen-bond acceptors (Lipinski definition) is 8. The summed E-state index contributed by atoms with van der Waals surface area (Å²) in [4.78, 5) is 18.5. The van der Waals surface area contributed by atoms with Crippen molar-refractivity contribution in [1.29, 1.82) is 0 Å². The molecule has 0 unspecified atom stereocenters. The van der Waals surface area contributed by atoms with Crippen molar-refractivity contribution in [3.05, 3.63) is 55.2 Å². The van der Waals surface area contributed by atoms with Gasteiger partial charge in [0.05, 0.1) is 33.0 Å². The Morgan fingerprint density at radius 3 is 2.42 bits per heavy atom. The molecule has 0 aromatic heterocycles. The number of halogens is 5. The number of nitrogens with zero attached hydrogens (tertiary/aromatic N) is 3. The number of guanidine groups is 1. The van der Waals surface area contributed by atoms with E-state index in [4.69, 9.17) is 11.6 Å². The summed E-state index contributed by atoms with van der Waals surface area (Å²) >= 11 is 12.6. The minimum atomic E-state index is -3.34. The molecule has 0 aliphatic carbocycles. The molecule has 2 aromatic rings. The smallest absolute Gasteiger partial charge is 0.342 e. The maximum absolute atomic E-state index is 13.7. The number of carbonyl (C=O) groups is 1. The lowest BCUT2D eigenvalue weighted by molar-refractivity contribution is -0.339. The lowest BCUT2D eigenvalue weighted by Gasteiger charge is -2.32. The van der Waals surface area contributed by atoms with Gasteiger partial charge in [-0.05, 0) is 56.1 Å². The maximum Gasteiger partial charge on any atom is 0.347 e. The van der Waals surface area contributed by atoms with Gasteiger partial charge in [-0.15, -0.1) is 0 Å². The number of benzene rings is 2. The number of ketones is 1. The fourth-order valence-corrected chi connectivity index (χ4v) is 5.27. The van der Waals surface area contributed by atoms with Crippen LogP contribution in [0, 0.1) is 5.82 Å². The monoisotopic (exact) mass is 611 g/mol. The van der Waals surface area contributed by atoms with Crippen LogP contribution in [0.25, 0.3) is 0 Å². The average molecular weight is 614 g/mol. The Hall–Kier alpha value is -1.67. The number of aliphatic hydroxyl groups is 4. The minimum absolute atomic E-state index is 0.0171. The third kappa shape index (κ3) is 3.97. The molecule has 0 atom stereocenters. The zero-order chi connectivity index (χ0) is 24.9. The van der Waals surface area contributed by atoms with Crippen LogP contribution < -0.4 is 9.80 Å². The van der Waals surface area contributed by atoms with E-state index in [1.54, 1.807) is 0 Å². The molecule has 0 saturated heterocycles. The Labute approximate surface area is 209 Å². The van der Waals surface area contributed by atoms with E-state index in [0.29, 0.717) is 4.90 Å². The van der Waals surface area contributed by atoms with Crippen LogP contribution in [0.2, 0.25) is 5.02 Å². The highest BCUT2D eigenvalue weighted by atomic mass is 79.9. The maximum atomic E-state index is 13.7. The quantitative estimate of drug-likeness (QED) is 0.308. The molecule has 4 rings (SSSR count). The molecule has 2 aliphatic rings. The molecule has 0 spiro atoms. The van der Waals surface area contributed by atoms with Gasteiger partial charge in [0.15, 0.2) is 5.78 Å². The SMILES string of the molecule is CC.O=C(c1cc(F)ccc1Cl)c1c(Br)cc2c(c1Br)N1C(=NC(O)(O)C1(O)O)N2CCF. The molecular formula is C20H18Br2ClF2N3O5. The van der Waals surface area contributed by atoms with E-state index in [2.05, 4.69) is 36.9 Å². The summed E-state index contributed by atoms with van der Waals surface area (Å²) < 4.78 is 27.1. The van der Waals surface area contributed by atoms with Crippen molar-refractivity contribution in [1.82, 2.24) is 0 Å². The highest BCUT2D eigenvalue weighted by Gasteiger charge is 2.64. The fourth-order valence-electron chi connectivity index (χ4n) is 3.43. The number of aliphatic imine (C=N–C) groups is 1. The van der Waals surface area contributed by atoms with Crippen molar-refractivity contribution in [3.8, 4) is 0 Å². The molecule has 4 N–H and O–H groups in total. The number of hydrogen-bond donors (Lipinski definition) is 4. The molecule has 178 valence electrons. The van der Waals surface area contributed by atoms with E-state index >= 15 is 0 Å². The minimum Gasteiger partial charge on any atom is -0.342 e. The molecule has 2 heterocycles. The van der Waals surface area contributed by atoms with E-state index in [0.717, 1.165) is 12.1 Å². The molecule has 2 aromatic carbocycles. The molecule has 0 saturated carbocycles. The average Bonchev–Trinajstić information content (AvgIpc) is 3.13. The standard InChI is InChI=1S/C18H12Br2ClF2N3O5.C2H6/c19-9-6-11-14(13(20)12(9)15(27)8-5-7(23)1-2-10(8)21)26-16(25(11)4-3-22)24-17(28,29)18(26,30)31;1-2/h1-2,5-6,28-31H,3-4H2;1-2H3. The third-order valence-corrected chi connectivity index (χ3v) is 6.58. The second-order valence-corrected chi connectivity index (χ2v) is 8.78. The van der Waals surface area contributed by atoms with Crippen LogP contribution in [0.15, 0.2) is 38.2 Å². The van der Waals surface area contributed by atoms with E-state index in [9.17, 15) is 34.0 Å².